The number of halogens is 2. The van der Waals surface area contributed by atoms with Gasteiger partial charge in [0.15, 0.2) is 21.6 Å². The molecule has 1 aliphatic heterocycles. The van der Waals surface area contributed by atoms with E-state index in [9.17, 15) is 14.7 Å². The highest BCUT2D eigenvalue weighted by molar-refractivity contribution is 8.00. The number of aromatic nitrogens is 4. The second-order valence-corrected chi connectivity index (χ2v) is 13.1. The fraction of sp³-hybridized carbons (Fsp3) is 0.219. The zero-order valence-corrected chi connectivity index (χ0v) is 28.0. The molecule has 1 fully saturated rings. The van der Waals surface area contributed by atoms with Crippen molar-refractivity contribution in [3.8, 4) is 11.5 Å². The van der Waals surface area contributed by atoms with Crippen molar-refractivity contribution in [2.45, 2.75) is 36.9 Å². The number of aliphatic hydroxyl groups is 1. The Kier molecular flexibility index (Phi) is 9.23. The molecule has 0 radical (unpaired) electrons. The van der Waals surface area contributed by atoms with E-state index in [4.69, 9.17) is 32.7 Å². The first-order valence-corrected chi connectivity index (χ1v) is 16.8. The number of pyridine rings is 1. The van der Waals surface area contributed by atoms with Gasteiger partial charge < -0.3 is 14.6 Å². The molecule has 0 spiro atoms. The van der Waals surface area contributed by atoms with Gasteiger partial charge in [0.05, 0.1) is 30.5 Å². The van der Waals surface area contributed by atoms with Crippen molar-refractivity contribution in [2.24, 2.45) is 0 Å². The number of ketones is 1. The number of imidazole rings is 1. The van der Waals surface area contributed by atoms with E-state index in [0.29, 0.717) is 67.4 Å². The van der Waals surface area contributed by atoms with Crippen molar-refractivity contribution >= 4 is 74.5 Å². The minimum Gasteiger partial charge on any atom is -0.505 e. The Hall–Kier alpha value is -4.10. The molecule has 0 bridgehead atoms. The standard InChI is InChI=1S/C32H27Cl2N5O5S2/c1-4-43-22-12-10-18(14-23(22)44-5-2)27-25(28(40)26-17(3)35-24-8-6-7-13-38(24)26)29(41)30(42)39(27)31-36-37-32(46-31)45-16-19-9-11-20(33)15-21(19)34/h6-15,27,40H,4-5,16H2,1-3H3. The van der Waals surface area contributed by atoms with Crippen LogP contribution in [0.5, 0.6) is 11.5 Å². The van der Waals surface area contributed by atoms with E-state index in [1.165, 1.54) is 16.7 Å². The van der Waals surface area contributed by atoms with Crippen LogP contribution >= 0.6 is 46.3 Å². The number of Topliss-reactive ketones (excluding diaryl/α,β-unsaturated/α-hetero) is 1. The lowest BCUT2D eigenvalue weighted by molar-refractivity contribution is -0.132. The maximum Gasteiger partial charge on any atom is 0.301 e. The Bertz CT molecular complexity index is 2010. The van der Waals surface area contributed by atoms with E-state index >= 15 is 0 Å². The van der Waals surface area contributed by atoms with Crippen molar-refractivity contribution in [3.63, 3.8) is 0 Å². The van der Waals surface area contributed by atoms with E-state index in [0.717, 1.165) is 16.9 Å². The fourth-order valence-corrected chi connectivity index (χ4v) is 7.67. The number of ether oxygens (including phenoxy) is 2. The quantitative estimate of drug-likeness (QED) is 0.0520. The van der Waals surface area contributed by atoms with Crippen molar-refractivity contribution in [3.05, 3.63) is 98.9 Å². The predicted molar refractivity (Wildman–Crippen MR) is 179 cm³/mol. The molecule has 46 heavy (non-hydrogen) atoms. The van der Waals surface area contributed by atoms with Gasteiger partial charge in [-0.15, -0.1) is 10.2 Å². The van der Waals surface area contributed by atoms with Crippen LogP contribution in [0, 0.1) is 6.92 Å². The van der Waals surface area contributed by atoms with Crippen LogP contribution in [0.1, 0.15) is 42.4 Å². The normalized spacial score (nSPS) is 16.0. The first kappa shape index (κ1) is 31.9. The number of anilines is 1. The third-order valence-electron chi connectivity index (χ3n) is 7.22. The SMILES string of the molecule is CCOc1ccc(C2C(=C(O)c3c(C)nc4ccccn34)C(=O)C(=O)N2c2nnc(SCc3ccc(Cl)cc3Cl)s2)cc1OCC. The summed E-state index contributed by atoms with van der Waals surface area (Å²) in [5.41, 5.74) is 2.64. The smallest absolute Gasteiger partial charge is 0.301 e. The van der Waals surface area contributed by atoms with E-state index in [2.05, 4.69) is 15.2 Å². The summed E-state index contributed by atoms with van der Waals surface area (Å²) in [5.74, 6) is -0.637. The van der Waals surface area contributed by atoms with Gasteiger partial charge in [-0.2, -0.15) is 0 Å². The maximum atomic E-state index is 13.9. The molecule has 3 aromatic heterocycles. The molecule has 1 saturated heterocycles. The Labute approximate surface area is 282 Å². The van der Waals surface area contributed by atoms with Crippen LogP contribution in [0.25, 0.3) is 11.4 Å². The van der Waals surface area contributed by atoms with E-state index in [1.54, 1.807) is 60.0 Å². The van der Waals surface area contributed by atoms with Gasteiger partial charge in [-0.25, -0.2) is 4.98 Å². The van der Waals surface area contributed by atoms with Gasteiger partial charge in [0, 0.05) is 22.0 Å². The van der Waals surface area contributed by atoms with E-state index in [-0.39, 0.29) is 16.5 Å². The average molecular weight is 697 g/mol. The highest BCUT2D eigenvalue weighted by Gasteiger charge is 2.49. The summed E-state index contributed by atoms with van der Waals surface area (Å²) in [7, 11) is 0. The summed E-state index contributed by atoms with van der Waals surface area (Å²) in [5, 5.41) is 21.7. The molecule has 14 heteroatoms. The Balaban J connectivity index is 1.46. The molecule has 236 valence electrons. The number of benzene rings is 2. The van der Waals surface area contributed by atoms with Crippen LogP contribution in [-0.2, 0) is 15.3 Å². The number of carbonyl (C=O) groups is 2. The van der Waals surface area contributed by atoms with Gasteiger partial charge in [0.25, 0.3) is 5.78 Å². The van der Waals surface area contributed by atoms with Gasteiger partial charge in [0.2, 0.25) is 5.13 Å². The number of rotatable bonds is 10. The van der Waals surface area contributed by atoms with Crippen LogP contribution in [0.15, 0.2) is 70.7 Å². The summed E-state index contributed by atoms with van der Waals surface area (Å²) in [6.45, 7) is 6.22. The van der Waals surface area contributed by atoms with Crippen molar-refractivity contribution in [1.82, 2.24) is 19.6 Å². The van der Waals surface area contributed by atoms with Crippen LogP contribution in [0.4, 0.5) is 5.13 Å². The number of aliphatic hydroxyl groups excluding tert-OH is 1. The first-order chi connectivity index (χ1) is 22.2. The topological polar surface area (TPSA) is 119 Å². The molecule has 0 saturated carbocycles. The van der Waals surface area contributed by atoms with Gasteiger partial charge >= 0.3 is 5.91 Å². The first-order valence-electron chi connectivity index (χ1n) is 14.3. The van der Waals surface area contributed by atoms with Crippen LogP contribution < -0.4 is 14.4 Å². The number of thioether (sulfide) groups is 1. The zero-order valence-electron chi connectivity index (χ0n) is 24.9. The summed E-state index contributed by atoms with van der Waals surface area (Å²) in [6, 6.07) is 14.8. The van der Waals surface area contributed by atoms with Crippen molar-refractivity contribution < 1.29 is 24.2 Å². The number of carbonyl (C=O) groups excluding carboxylic acids is 2. The Morgan fingerprint density at radius 3 is 2.57 bits per heavy atom. The molecule has 10 nitrogen and oxygen atoms in total. The highest BCUT2D eigenvalue weighted by atomic mass is 35.5. The third-order valence-corrected chi connectivity index (χ3v) is 9.92. The Morgan fingerprint density at radius 1 is 1.02 bits per heavy atom. The molecule has 2 aromatic carbocycles. The van der Waals surface area contributed by atoms with E-state index < -0.39 is 17.7 Å². The average Bonchev–Trinajstić information content (AvgIpc) is 3.71. The summed E-state index contributed by atoms with van der Waals surface area (Å²) in [6.07, 6.45) is 1.74. The lowest BCUT2D eigenvalue weighted by Gasteiger charge is -2.23. The van der Waals surface area contributed by atoms with E-state index in [1.807, 2.05) is 26.0 Å². The highest BCUT2D eigenvalue weighted by Crippen LogP contribution is 2.46. The number of hydrogen-bond donors (Lipinski definition) is 1. The minimum atomic E-state index is -1.06. The molecule has 1 N–H and O–H groups in total. The second kappa shape index (κ2) is 13.3. The molecule has 6 rings (SSSR count). The molecular weight excluding hydrogens is 669 g/mol. The molecule has 4 heterocycles. The number of aryl methyl sites for hydroxylation is 1. The van der Waals surface area contributed by atoms with Crippen molar-refractivity contribution in [1.29, 1.82) is 0 Å². The van der Waals surface area contributed by atoms with Crippen molar-refractivity contribution in [2.75, 3.05) is 18.1 Å². The summed E-state index contributed by atoms with van der Waals surface area (Å²) < 4.78 is 13.9. The monoisotopic (exact) mass is 695 g/mol. The van der Waals surface area contributed by atoms with Gasteiger partial charge in [0.1, 0.15) is 11.3 Å². The second-order valence-electron chi connectivity index (χ2n) is 10.1. The predicted octanol–water partition coefficient (Wildman–Crippen LogP) is 7.52. The summed E-state index contributed by atoms with van der Waals surface area (Å²) >= 11 is 14.9. The molecular formula is C32H27Cl2N5O5S2. The Morgan fingerprint density at radius 2 is 1.80 bits per heavy atom. The lowest BCUT2D eigenvalue weighted by atomic mass is 9.96. The molecule has 1 aliphatic rings. The number of nitrogens with zero attached hydrogens (tertiary/aromatic N) is 5. The number of hydrogen-bond acceptors (Lipinski definition) is 10. The number of fused-ring (bicyclic) bond motifs is 1. The zero-order chi connectivity index (χ0) is 32.5. The lowest BCUT2D eigenvalue weighted by Crippen LogP contribution is -2.29. The molecule has 1 unspecified atom stereocenters. The molecule has 1 atom stereocenters. The molecule has 0 aliphatic carbocycles. The van der Waals surface area contributed by atoms with Crippen LogP contribution in [0.2, 0.25) is 10.0 Å². The fourth-order valence-electron chi connectivity index (χ4n) is 5.25. The van der Waals surface area contributed by atoms with Gasteiger partial charge in [-0.3, -0.25) is 18.9 Å². The molecule has 5 aromatic rings. The maximum absolute atomic E-state index is 13.9. The minimum absolute atomic E-state index is 0.109. The largest absolute Gasteiger partial charge is 0.505 e. The van der Waals surface area contributed by atoms with Crippen LogP contribution in [0.3, 0.4) is 0 Å². The van der Waals surface area contributed by atoms with Gasteiger partial charge in [-0.1, -0.05) is 64.5 Å². The van der Waals surface area contributed by atoms with Gasteiger partial charge in [-0.05, 0) is 68.3 Å². The molecule has 1 amide bonds. The summed E-state index contributed by atoms with van der Waals surface area (Å²) in [4.78, 5) is 33.5. The number of amides is 1. The third kappa shape index (κ3) is 5.93. The van der Waals surface area contributed by atoms with Crippen LogP contribution in [-0.4, -0.2) is 49.6 Å².